The van der Waals surface area contributed by atoms with Crippen molar-refractivity contribution in [2.24, 2.45) is 0 Å². The van der Waals surface area contributed by atoms with Gasteiger partial charge in [-0.1, -0.05) is 13.0 Å². The third-order valence-electron chi connectivity index (χ3n) is 2.85. The number of thiophene rings is 1. The number of rotatable bonds is 8. The van der Waals surface area contributed by atoms with Gasteiger partial charge in [0, 0.05) is 24.0 Å². The van der Waals surface area contributed by atoms with Crippen LogP contribution in [0.4, 0.5) is 0 Å². The molecule has 5 heteroatoms. The van der Waals surface area contributed by atoms with Gasteiger partial charge in [0.25, 0.3) is 0 Å². The highest BCUT2D eigenvalue weighted by Crippen LogP contribution is 2.17. The minimum atomic E-state index is 0.381. The van der Waals surface area contributed by atoms with Crippen molar-refractivity contribution in [1.82, 2.24) is 15.1 Å². The first-order valence-electron chi connectivity index (χ1n) is 6.71. The van der Waals surface area contributed by atoms with Gasteiger partial charge >= 0.3 is 0 Å². The number of aromatic nitrogens is 2. The molecule has 4 nitrogen and oxygen atoms in total. The Labute approximate surface area is 118 Å². The van der Waals surface area contributed by atoms with Crippen LogP contribution >= 0.6 is 11.3 Å². The van der Waals surface area contributed by atoms with Crippen LogP contribution < -0.4 is 10.1 Å². The molecule has 0 saturated carbocycles. The van der Waals surface area contributed by atoms with Crippen molar-refractivity contribution in [1.29, 1.82) is 0 Å². The van der Waals surface area contributed by atoms with Crippen molar-refractivity contribution in [2.45, 2.75) is 32.9 Å². The predicted octanol–water partition coefficient (Wildman–Crippen LogP) is 3.08. The molecule has 0 spiro atoms. The molecule has 104 valence electrons. The summed E-state index contributed by atoms with van der Waals surface area (Å²) in [5, 5.41) is 9.78. The lowest BCUT2D eigenvalue weighted by Gasteiger charge is -2.11. The van der Waals surface area contributed by atoms with Gasteiger partial charge in [-0.25, -0.2) is 0 Å². The minimum absolute atomic E-state index is 0.381. The topological polar surface area (TPSA) is 39.1 Å². The Morgan fingerprint density at radius 1 is 1.53 bits per heavy atom. The fraction of sp³-hybridized carbons (Fsp3) is 0.500. The summed E-state index contributed by atoms with van der Waals surface area (Å²) in [5.41, 5.74) is 0. The molecule has 0 aliphatic heterocycles. The maximum absolute atomic E-state index is 5.66. The molecular formula is C14H21N3OS. The Hall–Kier alpha value is -1.33. The summed E-state index contributed by atoms with van der Waals surface area (Å²) in [5.74, 6) is 0.846. The second kappa shape index (κ2) is 7.31. The molecule has 2 aromatic rings. The average Bonchev–Trinajstić information content (AvgIpc) is 3.06. The van der Waals surface area contributed by atoms with Crippen LogP contribution in [0, 0.1) is 0 Å². The van der Waals surface area contributed by atoms with Crippen LogP contribution in [0.25, 0.3) is 0 Å². The van der Waals surface area contributed by atoms with Crippen molar-refractivity contribution in [3.8, 4) is 5.75 Å². The summed E-state index contributed by atoms with van der Waals surface area (Å²) >= 11 is 1.78. The van der Waals surface area contributed by atoms with Gasteiger partial charge in [-0.15, -0.1) is 11.3 Å². The van der Waals surface area contributed by atoms with Crippen molar-refractivity contribution < 1.29 is 4.74 Å². The van der Waals surface area contributed by atoms with E-state index in [1.165, 1.54) is 4.88 Å². The fourth-order valence-corrected chi connectivity index (χ4v) is 2.61. The Morgan fingerprint density at radius 2 is 2.42 bits per heavy atom. The van der Waals surface area contributed by atoms with Gasteiger partial charge in [-0.3, -0.25) is 4.68 Å². The maximum Gasteiger partial charge on any atom is 0.157 e. The number of aryl methyl sites for hydroxylation is 1. The molecule has 19 heavy (non-hydrogen) atoms. The fourth-order valence-electron chi connectivity index (χ4n) is 1.85. The predicted molar refractivity (Wildman–Crippen MR) is 78.7 cm³/mol. The number of nitrogens with one attached hydrogen (secondary N) is 1. The number of hydrogen-bond acceptors (Lipinski definition) is 4. The van der Waals surface area contributed by atoms with Crippen molar-refractivity contribution >= 4 is 11.3 Å². The summed E-state index contributed by atoms with van der Waals surface area (Å²) in [6.07, 6.45) is 4.81. The maximum atomic E-state index is 5.66. The SMILES string of the molecule is CCCn1cc(OCCNC(C)c2cccs2)cn1. The normalized spacial score (nSPS) is 12.5. The van der Waals surface area contributed by atoms with Gasteiger partial charge < -0.3 is 10.1 Å². The summed E-state index contributed by atoms with van der Waals surface area (Å²) in [6.45, 7) is 6.74. The van der Waals surface area contributed by atoms with Gasteiger partial charge in [-0.05, 0) is 24.8 Å². The smallest absolute Gasteiger partial charge is 0.157 e. The van der Waals surface area contributed by atoms with E-state index >= 15 is 0 Å². The lowest BCUT2D eigenvalue weighted by Crippen LogP contribution is -2.23. The van der Waals surface area contributed by atoms with Crippen LogP contribution in [0.15, 0.2) is 29.9 Å². The summed E-state index contributed by atoms with van der Waals surface area (Å²) in [6, 6.07) is 4.61. The van der Waals surface area contributed by atoms with Gasteiger partial charge in [-0.2, -0.15) is 5.10 Å². The highest BCUT2D eigenvalue weighted by atomic mass is 32.1. The van der Waals surface area contributed by atoms with Gasteiger partial charge in [0.1, 0.15) is 6.61 Å². The third kappa shape index (κ3) is 4.36. The first-order valence-corrected chi connectivity index (χ1v) is 7.59. The molecule has 1 atom stereocenters. The zero-order chi connectivity index (χ0) is 13.5. The monoisotopic (exact) mass is 279 g/mol. The molecule has 1 N–H and O–H groups in total. The van der Waals surface area contributed by atoms with E-state index in [-0.39, 0.29) is 0 Å². The Bertz CT molecular complexity index is 467. The molecule has 0 aliphatic carbocycles. The standard InChI is InChI=1S/C14H21N3OS/c1-3-7-17-11-13(10-16-17)18-8-6-15-12(2)14-5-4-9-19-14/h4-5,9-12,15H,3,6-8H2,1-2H3. The quantitative estimate of drug-likeness (QED) is 0.755. The average molecular weight is 279 g/mol. The van der Waals surface area contributed by atoms with Crippen molar-refractivity contribution in [2.75, 3.05) is 13.2 Å². The molecule has 2 rings (SSSR count). The van der Waals surface area contributed by atoms with E-state index in [2.05, 4.69) is 41.8 Å². The molecule has 2 heterocycles. The lowest BCUT2D eigenvalue weighted by atomic mass is 10.3. The molecule has 0 amide bonds. The third-order valence-corrected chi connectivity index (χ3v) is 3.91. The largest absolute Gasteiger partial charge is 0.489 e. The number of hydrogen-bond donors (Lipinski definition) is 1. The van der Waals surface area contributed by atoms with Crippen LogP contribution in [-0.4, -0.2) is 22.9 Å². The van der Waals surface area contributed by atoms with E-state index in [4.69, 9.17) is 4.74 Å². The van der Waals surface area contributed by atoms with Crippen LogP contribution in [-0.2, 0) is 6.54 Å². The second-order valence-corrected chi connectivity index (χ2v) is 5.46. The molecule has 0 aromatic carbocycles. The summed E-state index contributed by atoms with van der Waals surface area (Å²) in [4.78, 5) is 1.36. The minimum Gasteiger partial charge on any atom is -0.489 e. The van der Waals surface area contributed by atoms with Crippen LogP contribution in [0.5, 0.6) is 5.75 Å². The zero-order valence-corrected chi connectivity index (χ0v) is 12.3. The molecule has 1 unspecified atom stereocenters. The molecule has 0 bridgehead atoms. The van der Waals surface area contributed by atoms with Gasteiger partial charge in [0.2, 0.25) is 0 Å². The highest BCUT2D eigenvalue weighted by molar-refractivity contribution is 7.10. The first-order chi connectivity index (χ1) is 9.29. The van der Waals surface area contributed by atoms with Crippen LogP contribution in [0.1, 0.15) is 31.2 Å². The first kappa shape index (κ1) is 14.1. The molecule has 0 fully saturated rings. The van der Waals surface area contributed by atoms with Gasteiger partial charge in [0.15, 0.2) is 5.75 Å². The zero-order valence-electron chi connectivity index (χ0n) is 11.5. The Morgan fingerprint density at radius 3 is 3.16 bits per heavy atom. The molecular weight excluding hydrogens is 258 g/mol. The van der Waals surface area contributed by atoms with Gasteiger partial charge in [0.05, 0.1) is 12.4 Å². The van der Waals surface area contributed by atoms with Crippen LogP contribution in [0.2, 0.25) is 0 Å². The molecule has 2 aromatic heterocycles. The van der Waals surface area contributed by atoms with E-state index < -0.39 is 0 Å². The highest BCUT2D eigenvalue weighted by Gasteiger charge is 2.05. The van der Waals surface area contributed by atoms with Crippen molar-refractivity contribution in [3.05, 3.63) is 34.8 Å². The number of nitrogens with zero attached hydrogens (tertiary/aromatic N) is 2. The summed E-state index contributed by atoms with van der Waals surface area (Å²) in [7, 11) is 0. The van der Waals surface area contributed by atoms with E-state index in [0.717, 1.165) is 25.3 Å². The van der Waals surface area contributed by atoms with E-state index in [0.29, 0.717) is 12.6 Å². The van der Waals surface area contributed by atoms with E-state index in [9.17, 15) is 0 Å². The summed E-state index contributed by atoms with van der Waals surface area (Å²) < 4.78 is 7.57. The Balaban J connectivity index is 1.66. The Kier molecular flexibility index (Phi) is 5.42. The van der Waals surface area contributed by atoms with E-state index in [1.54, 1.807) is 17.5 Å². The van der Waals surface area contributed by atoms with Crippen molar-refractivity contribution in [3.63, 3.8) is 0 Å². The second-order valence-electron chi connectivity index (χ2n) is 4.48. The molecule has 0 radical (unpaired) electrons. The lowest BCUT2D eigenvalue weighted by molar-refractivity contribution is 0.307. The van der Waals surface area contributed by atoms with E-state index in [1.807, 2.05) is 10.9 Å². The van der Waals surface area contributed by atoms with Crippen LogP contribution in [0.3, 0.4) is 0 Å². The molecule has 0 aliphatic rings. The molecule has 0 saturated heterocycles. The number of ether oxygens (including phenoxy) is 1.